The van der Waals surface area contributed by atoms with E-state index in [-0.39, 0.29) is 48.6 Å². The Morgan fingerprint density at radius 3 is 2.37 bits per heavy atom. The van der Waals surface area contributed by atoms with Gasteiger partial charge < -0.3 is 5.32 Å². The smallest absolute Gasteiger partial charge is 0.261 e. The van der Waals surface area contributed by atoms with Crippen LogP contribution in [0, 0.1) is 13.8 Å². The zero-order valence-electron chi connectivity index (χ0n) is 19.4. The molecule has 0 fully saturated rings. The van der Waals surface area contributed by atoms with Crippen LogP contribution in [-0.2, 0) is 26.1 Å². The topological polar surface area (TPSA) is 118 Å². The number of rotatable bonds is 6. The molecule has 0 saturated carbocycles. The van der Waals surface area contributed by atoms with Gasteiger partial charge >= 0.3 is 0 Å². The van der Waals surface area contributed by atoms with Crippen LogP contribution < -0.4 is 5.32 Å². The van der Waals surface area contributed by atoms with Gasteiger partial charge in [0, 0.05) is 18.5 Å². The second-order valence-electron chi connectivity index (χ2n) is 8.97. The lowest BCUT2D eigenvalue weighted by molar-refractivity contribution is -0.116. The number of anilines is 1. The lowest BCUT2D eigenvalue weighted by atomic mass is 10.1. The molecule has 0 saturated heterocycles. The van der Waals surface area contributed by atoms with E-state index in [1.165, 1.54) is 0 Å². The van der Waals surface area contributed by atoms with Crippen molar-refractivity contribution in [2.75, 3.05) is 11.9 Å². The quantitative estimate of drug-likeness (QED) is 0.529. The highest BCUT2D eigenvalue weighted by Gasteiger charge is 2.35. The van der Waals surface area contributed by atoms with Gasteiger partial charge in [0.2, 0.25) is 5.91 Å². The van der Waals surface area contributed by atoms with Crippen molar-refractivity contribution in [1.82, 2.24) is 14.7 Å². The highest BCUT2D eigenvalue weighted by Crippen LogP contribution is 2.34. The van der Waals surface area contributed by atoms with Crippen molar-refractivity contribution in [3.05, 3.63) is 76.0 Å². The Hall–Kier alpha value is -3.79. The summed E-state index contributed by atoms with van der Waals surface area (Å²) in [5, 5.41) is 7.35. The van der Waals surface area contributed by atoms with E-state index in [4.69, 9.17) is 0 Å². The van der Waals surface area contributed by atoms with Crippen molar-refractivity contribution >= 4 is 33.4 Å². The fraction of sp³-hybridized carbons (Fsp3) is 0.280. The summed E-state index contributed by atoms with van der Waals surface area (Å²) in [6, 6.07) is 12.5. The molecule has 0 spiro atoms. The Balaban J connectivity index is 1.32. The predicted molar refractivity (Wildman–Crippen MR) is 129 cm³/mol. The second kappa shape index (κ2) is 8.46. The minimum Gasteiger partial charge on any atom is -0.310 e. The van der Waals surface area contributed by atoms with E-state index < -0.39 is 9.84 Å². The van der Waals surface area contributed by atoms with E-state index in [2.05, 4.69) is 10.4 Å². The molecular weight excluding hydrogens is 468 g/mol. The monoisotopic (exact) mass is 492 g/mol. The van der Waals surface area contributed by atoms with Crippen LogP contribution in [0.4, 0.5) is 5.82 Å². The molecule has 2 aliphatic rings. The van der Waals surface area contributed by atoms with Gasteiger partial charge in [-0.15, -0.1) is 0 Å². The normalized spacial score (nSPS) is 15.9. The third-order valence-electron chi connectivity index (χ3n) is 6.29. The fourth-order valence-corrected chi connectivity index (χ4v) is 6.12. The summed E-state index contributed by atoms with van der Waals surface area (Å²) >= 11 is 0. The van der Waals surface area contributed by atoms with Crippen molar-refractivity contribution in [3.63, 3.8) is 0 Å². The van der Waals surface area contributed by atoms with Gasteiger partial charge in [-0.05, 0) is 44.0 Å². The van der Waals surface area contributed by atoms with E-state index in [0.29, 0.717) is 28.2 Å². The van der Waals surface area contributed by atoms with E-state index in [9.17, 15) is 22.8 Å². The number of nitrogens with one attached hydrogen (secondary N) is 1. The van der Waals surface area contributed by atoms with Crippen molar-refractivity contribution in [3.8, 4) is 5.69 Å². The maximum atomic E-state index is 12.9. The Labute approximate surface area is 202 Å². The standard InChI is InChI=1S/C25H24N4O5S/c1-15-9-10-21(16(2)12-15)29-23(19-13-35(33,34)14-20(19)27-29)26-22(30)8-5-11-28-24(31)17-6-3-4-7-18(17)25(28)32/h3-4,6-7,9-10,12H,5,8,11,13-14H2,1-2H3,(H,26,30). The van der Waals surface area contributed by atoms with E-state index >= 15 is 0 Å². The molecule has 3 heterocycles. The zero-order chi connectivity index (χ0) is 24.9. The molecule has 35 heavy (non-hydrogen) atoms. The summed E-state index contributed by atoms with van der Waals surface area (Å²) in [5.41, 5.74) is 4.45. The van der Waals surface area contributed by atoms with Gasteiger partial charge in [-0.3, -0.25) is 19.3 Å². The number of hydrogen-bond donors (Lipinski definition) is 1. The Bertz CT molecular complexity index is 1470. The number of aryl methyl sites for hydroxylation is 2. The van der Waals surface area contributed by atoms with Crippen molar-refractivity contribution in [1.29, 1.82) is 0 Å². The molecular formula is C25H24N4O5S. The van der Waals surface area contributed by atoms with Crippen LogP contribution >= 0.6 is 0 Å². The van der Waals surface area contributed by atoms with Crippen molar-refractivity contribution < 1.29 is 22.8 Å². The van der Waals surface area contributed by atoms with Gasteiger partial charge in [0.15, 0.2) is 9.84 Å². The molecule has 180 valence electrons. The number of hydrogen-bond acceptors (Lipinski definition) is 6. The van der Waals surface area contributed by atoms with Gasteiger partial charge in [0.05, 0.1) is 34.0 Å². The molecule has 3 aromatic rings. The summed E-state index contributed by atoms with van der Waals surface area (Å²) in [5.74, 6) is -1.07. The first-order valence-corrected chi connectivity index (χ1v) is 13.1. The summed E-state index contributed by atoms with van der Waals surface area (Å²) in [6.45, 7) is 4.02. The van der Waals surface area contributed by atoms with Crippen LogP contribution in [0.1, 0.15) is 55.9 Å². The van der Waals surface area contributed by atoms with Gasteiger partial charge in [-0.1, -0.05) is 29.8 Å². The third kappa shape index (κ3) is 4.14. The molecule has 0 unspecified atom stereocenters. The molecule has 2 aliphatic heterocycles. The number of amides is 3. The van der Waals surface area contributed by atoms with Crippen LogP contribution in [0.15, 0.2) is 42.5 Å². The molecule has 1 N–H and O–H groups in total. The summed E-state index contributed by atoms with van der Waals surface area (Å²) in [6.07, 6.45) is 0.322. The number of aromatic nitrogens is 2. The number of benzene rings is 2. The Kier molecular flexibility index (Phi) is 5.55. The predicted octanol–water partition coefficient (Wildman–Crippen LogP) is 2.93. The Morgan fingerprint density at radius 2 is 1.71 bits per heavy atom. The van der Waals surface area contributed by atoms with Crippen LogP contribution in [0.3, 0.4) is 0 Å². The number of nitrogens with zero attached hydrogens (tertiary/aromatic N) is 3. The van der Waals surface area contributed by atoms with E-state index in [1.807, 2.05) is 32.0 Å². The second-order valence-corrected chi connectivity index (χ2v) is 11.0. The molecule has 1 aromatic heterocycles. The molecule has 10 heteroatoms. The molecule has 3 amide bonds. The molecule has 0 aliphatic carbocycles. The minimum absolute atomic E-state index is 0.0486. The summed E-state index contributed by atoms with van der Waals surface area (Å²) in [4.78, 5) is 39.1. The van der Waals surface area contributed by atoms with Crippen LogP contribution in [0.25, 0.3) is 5.69 Å². The van der Waals surface area contributed by atoms with Gasteiger partial charge in [-0.25, -0.2) is 13.1 Å². The van der Waals surface area contributed by atoms with Crippen LogP contribution in [0.5, 0.6) is 0 Å². The number of sulfone groups is 1. The Morgan fingerprint density at radius 1 is 1.03 bits per heavy atom. The molecule has 2 aromatic carbocycles. The van der Waals surface area contributed by atoms with Crippen molar-refractivity contribution in [2.45, 2.75) is 38.2 Å². The number of carbonyl (C=O) groups is 3. The fourth-order valence-electron chi connectivity index (χ4n) is 4.62. The molecule has 9 nitrogen and oxygen atoms in total. The number of fused-ring (bicyclic) bond motifs is 2. The average Bonchev–Trinajstić information content (AvgIpc) is 3.36. The maximum absolute atomic E-state index is 12.9. The maximum Gasteiger partial charge on any atom is 0.261 e. The minimum atomic E-state index is -3.31. The van der Waals surface area contributed by atoms with Gasteiger partial charge in [-0.2, -0.15) is 5.10 Å². The van der Waals surface area contributed by atoms with E-state index in [0.717, 1.165) is 21.7 Å². The van der Waals surface area contributed by atoms with Gasteiger partial charge in [0.1, 0.15) is 5.82 Å². The van der Waals surface area contributed by atoms with Gasteiger partial charge in [0.25, 0.3) is 11.8 Å². The first-order chi connectivity index (χ1) is 16.6. The average molecular weight is 493 g/mol. The van der Waals surface area contributed by atoms with Crippen LogP contribution in [-0.4, -0.2) is 47.4 Å². The summed E-state index contributed by atoms with van der Waals surface area (Å²) in [7, 11) is -3.31. The largest absolute Gasteiger partial charge is 0.310 e. The van der Waals surface area contributed by atoms with Crippen molar-refractivity contribution in [2.24, 2.45) is 0 Å². The highest BCUT2D eigenvalue weighted by molar-refractivity contribution is 7.90. The number of imide groups is 1. The third-order valence-corrected chi connectivity index (χ3v) is 7.73. The zero-order valence-corrected chi connectivity index (χ0v) is 20.2. The SMILES string of the molecule is Cc1ccc(-n2nc3c(c2NC(=O)CCCN2C(=O)c4ccccc4C2=O)CS(=O)(=O)C3)c(C)c1. The molecule has 0 bridgehead atoms. The highest BCUT2D eigenvalue weighted by atomic mass is 32.2. The lowest BCUT2D eigenvalue weighted by Gasteiger charge is -2.15. The lowest BCUT2D eigenvalue weighted by Crippen LogP contribution is -2.31. The summed E-state index contributed by atoms with van der Waals surface area (Å²) < 4.78 is 26.0. The van der Waals surface area contributed by atoms with E-state index in [1.54, 1.807) is 28.9 Å². The number of carbonyl (C=O) groups excluding carboxylic acids is 3. The van der Waals surface area contributed by atoms with Crippen LogP contribution in [0.2, 0.25) is 0 Å². The molecule has 0 radical (unpaired) electrons. The molecule has 5 rings (SSSR count). The molecule has 0 atom stereocenters. The first-order valence-electron chi connectivity index (χ1n) is 11.3. The first kappa shape index (κ1) is 23.0.